The Balaban J connectivity index is 1.50. The van der Waals surface area contributed by atoms with Crippen molar-refractivity contribution < 1.29 is 13.9 Å². The summed E-state index contributed by atoms with van der Waals surface area (Å²) in [4.78, 5) is 21.4. The van der Waals surface area contributed by atoms with E-state index in [1.807, 2.05) is 23.1 Å². The van der Waals surface area contributed by atoms with Crippen molar-refractivity contribution in [3.8, 4) is 11.5 Å². The number of hydrogen-bond donors (Lipinski definition) is 2. The third kappa shape index (κ3) is 4.80. The summed E-state index contributed by atoms with van der Waals surface area (Å²) in [5.41, 5.74) is 2.15. The van der Waals surface area contributed by atoms with E-state index in [1.165, 1.54) is 12.4 Å². The molecule has 0 bridgehead atoms. The summed E-state index contributed by atoms with van der Waals surface area (Å²) in [6, 6.07) is 6.15. The Hall–Kier alpha value is -2.71. The average Bonchev–Trinajstić information content (AvgIpc) is 3.29. The highest BCUT2D eigenvalue weighted by Crippen LogP contribution is 2.29. The molecular formula is C23H31N5O3. The van der Waals surface area contributed by atoms with Gasteiger partial charge in [0.25, 0.3) is 5.91 Å². The van der Waals surface area contributed by atoms with Gasteiger partial charge in [-0.3, -0.25) is 9.69 Å². The van der Waals surface area contributed by atoms with Crippen molar-refractivity contribution in [1.82, 2.24) is 14.8 Å². The van der Waals surface area contributed by atoms with Gasteiger partial charge in [-0.1, -0.05) is 6.07 Å². The molecule has 8 heteroatoms. The van der Waals surface area contributed by atoms with Crippen LogP contribution in [-0.4, -0.2) is 72.0 Å². The Morgan fingerprint density at radius 2 is 2.06 bits per heavy atom. The fourth-order valence-corrected chi connectivity index (χ4v) is 4.16. The zero-order valence-corrected chi connectivity index (χ0v) is 18.3. The molecule has 4 rings (SSSR count). The number of ether oxygens (including phenoxy) is 1. The van der Waals surface area contributed by atoms with Gasteiger partial charge in [0, 0.05) is 61.9 Å². The quantitative estimate of drug-likeness (QED) is 0.689. The second-order valence-corrected chi connectivity index (χ2v) is 8.36. The highest BCUT2D eigenvalue weighted by molar-refractivity contribution is 5.95. The smallest absolute Gasteiger partial charge is 0.291 e. The van der Waals surface area contributed by atoms with E-state index in [1.54, 1.807) is 0 Å². The number of aromatic nitrogens is 1. The Kier molecular flexibility index (Phi) is 6.67. The van der Waals surface area contributed by atoms with Crippen LogP contribution >= 0.6 is 0 Å². The predicted octanol–water partition coefficient (Wildman–Crippen LogP) is 3.44. The number of benzene rings is 1. The van der Waals surface area contributed by atoms with E-state index < -0.39 is 0 Å². The Labute approximate surface area is 183 Å². The molecule has 2 N–H and O–H groups in total. The predicted molar refractivity (Wildman–Crippen MR) is 120 cm³/mol. The lowest BCUT2D eigenvalue weighted by molar-refractivity contribution is 0.0343. The van der Waals surface area contributed by atoms with E-state index in [9.17, 15) is 4.79 Å². The van der Waals surface area contributed by atoms with Crippen molar-refractivity contribution in [2.45, 2.75) is 45.4 Å². The fourth-order valence-electron chi connectivity index (χ4n) is 4.16. The Bertz CT molecular complexity index is 912. The standard InChI is InChI=1S/C23H31N5O3/c1-16(2)27-9-11-28(12-10-27)23(29)20-15-25-22(31-20)17-6-5-7-19(18(17)14-24)26-21-8-3-4-13-30-21/h5-7,14-16,21,24,26H,3-4,8-13H2,1-2H3. The van der Waals surface area contributed by atoms with Gasteiger partial charge in [0.15, 0.2) is 0 Å². The molecule has 8 nitrogen and oxygen atoms in total. The second-order valence-electron chi connectivity index (χ2n) is 8.36. The van der Waals surface area contributed by atoms with Crippen molar-refractivity contribution in [2.24, 2.45) is 0 Å². The minimum absolute atomic E-state index is 0.0612. The molecule has 2 fully saturated rings. The Morgan fingerprint density at radius 1 is 1.26 bits per heavy atom. The number of carbonyl (C=O) groups is 1. The first-order valence-electron chi connectivity index (χ1n) is 11.1. The summed E-state index contributed by atoms with van der Waals surface area (Å²) in [6.45, 7) is 8.17. The third-order valence-corrected chi connectivity index (χ3v) is 6.03. The number of rotatable bonds is 6. The highest BCUT2D eigenvalue weighted by atomic mass is 16.5. The largest absolute Gasteiger partial charge is 0.431 e. The van der Waals surface area contributed by atoms with Crippen LogP contribution in [0.3, 0.4) is 0 Å². The van der Waals surface area contributed by atoms with E-state index in [0.29, 0.717) is 36.1 Å². The number of hydrogen-bond acceptors (Lipinski definition) is 7. The van der Waals surface area contributed by atoms with Crippen LogP contribution in [-0.2, 0) is 4.74 Å². The first kappa shape index (κ1) is 21.5. The number of anilines is 1. The van der Waals surface area contributed by atoms with Crippen LogP contribution in [0.4, 0.5) is 5.69 Å². The zero-order valence-electron chi connectivity index (χ0n) is 18.3. The molecule has 0 radical (unpaired) electrons. The van der Waals surface area contributed by atoms with E-state index in [0.717, 1.165) is 44.6 Å². The average molecular weight is 426 g/mol. The molecule has 1 unspecified atom stereocenters. The van der Waals surface area contributed by atoms with Crippen molar-refractivity contribution in [2.75, 3.05) is 38.1 Å². The normalized spacial score (nSPS) is 20.1. The molecule has 3 heterocycles. The highest BCUT2D eigenvalue weighted by Gasteiger charge is 2.26. The third-order valence-electron chi connectivity index (χ3n) is 6.03. The molecule has 2 aliphatic heterocycles. The first-order chi connectivity index (χ1) is 15.1. The van der Waals surface area contributed by atoms with Gasteiger partial charge in [0.1, 0.15) is 6.23 Å². The van der Waals surface area contributed by atoms with Gasteiger partial charge < -0.3 is 24.8 Å². The lowest BCUT2D eigenvalue weighted by Crippen LogP contribution is -2.50. The van der Waals surface area contributed by atoms with Crippen molar-refractivity contribution in [3.05, 3.63) is 35.7 Å². The van der Waals surface area contributed by atoms with Crippen LogP contribution in [0, 0.1) is 5.41 Å². The van der Waals surface area contributed by atoms with Crippen LogP contribution in [0.5, 0.6) is 0 Å². The minimum Gasteiger partial charge on any atom is -0.431 e. The summed E-state index contributed by atoms with van der Waals surface area (Å²) >= 11 is 0. The van der Waals surface area contributed by atoms with Gasteiger partial charge in [0.2, 0.25) is 11.7 Å². The minimum atomic E-state index is -0.136. The zero-order chi connectivity index (χ0) is 21.8. The first-order valence-corrected chi connectivity index (χ1v) is 11.1. The molecule has 1 atom stereocenters. The number of piperazine rings is 1. The molecule has 166 valence electrons. The molecule has 1 amide bonds. The number of oxazole rings is 1. The lowest BCUT2D eigenvalue weighted by atomic mass is 10.1. The lowest BCUT2D eigenvalue weighted by Gasteiger charge is -2.36. The molecule has 2 saturated heterocycles. The van der Waals surface area contributed by atoms with Gasteiger partial charge in [-0.25, -0.2) is 4.98 Å². The number of amides is 1. The maximum Gasteiger partial charge on any atom is 0.291 e. The number of nitrogens with one attached hydrogen (secondary N) is 2. The van der Waals surface area contributed by atoms with Crippen molar-refractivity contribution in [3.63, 3.8) is 0 Å². The summed E-state index contributed by atoms with van der Waals surface area (Å²) in [5.74, 6) is 0.442. The summed E-state index contributed by atoms with van der Waals surface area (Å²) in [5, 5.41) is 11.3. The second kappa shape index (κ2) is 9.62. The summed E-state index contributed by atoms with van der Waals surface area (Å²) in [7, 11) is 0. The monoisotopic (exact) mass is 425 g/mol. The van der Waals surface area contributed by atoms with Gasteiger partial charge in [-0.15, -0.1) is 0 Å². The molecule has 1 aromatic carbocycles. The van der Waals surface area contributed by atoms with Crippen molar-refractivity contribution >= 4 is 17.8 Å². The van der Waals surface area contributed by atoms with Crippen LogP contribution < -0.4 is 5.32 Å². The number of carbonyl (C=O) groups excluding carboxylic acids is 1. The van der Waals surface area contributed by atoms with Crippen molar-refractivity contribution in [1.29, 1.82) is 5.41 Å². The van der Waals surface area contributed by atoms with Crippen LogP contribution in [0.2, 0.25) is 0 Å². The van der Waals surface area contributed by atoms with E-state index in [4.69, 9.17) is 14.6 Å². The Morgan fingerprint density at radius 3 is 2.74 bits per heavy atom. The van der Waals surface area contributed by atoms with Gasteiger partial charge in [-0.05, 0) is 45.2 Å². The molecule has 0 saturated carbocycles. The SMILES string of the molecule is CC(C)N1CCN(C(=O)c2cnc(-c3cccc(NC4CCCCO4)c3C=N)o2)CC1. The molecule has 31 heavy (non-hydrogen) atoms. The van der Waals surface area contributed by atoms with E-state index in [-0.39, 0.29) is 17.9 Å². The fraction of sp³-hybridized carbons (Fsp3) is 0.522. The molecule has 0 aliphatic carbocycles. The topological polar surface area (TPSA) is 94.7 Å². The molecule has 2 aromatic rings. The molecule has 0 spiro atoms. The van der Waals surface area contributed by atoms with Gasteiger partial charge in [-0.2, -0.15) is 0 Å². The van der Waals surface area contributed by atoms with Gasteiger partial charge >= 0.3 is 0 Å². The van der Waals surface area contributed by atoms with E-state index >= 15 is 0 Å². The van der Waals surface area contributed by atoms with E-state index in [2.05, 4.69) is 29.0 Å². The molecule has 1 aromatic heterocycles. The summed E-state index contributed by atoms with van der Waals surface area (Å²) < 4.78 is 11.6. The van der Waals surface area contributed by atoms with Crippen LogP contribution in [0.1, 0.15) is 49.2 Å². The molecular weight excluding hydrogens is 394 g/mol. The van der Waals surface area contributed by atoms with Crippen LogP contribution in [0.15, 0.2) is 28.8 Å². The maximum atomic E-state index is 12.9. The van der Waals surface area contributed by atoms with Gasteiger partial charge in [0.05, 0.1) is 6.20 Å². The van der Waals surface area contributed by atoms with Crippen LogP contribution in [0.25, 0.3) is 11.5 Å². The number of nitrogens with zero attached hydrogens (tertiary/aromatic N) is 3. The maximum absolute atomic E-state index is 12.9. The molecule has 2 aliphatic rings. The summed E-state index contributed by atoms with van der Waals surface area (Å²) in [6.07, 6.45) is 5.85.